The van der Waals surface area contributed by atoms with Gasteiger partial charge in [0.2, 0.25) is 5.89 Å². The number of carboxylic acids is 1. The number of aromatic nitrogens is 3. The summed E-state index contributed by atoms with van der Waals surface area (Å²) < 4.78 is 4.95. The number of nitrogens with two attached hydrogens (primary N) is 1. The Labute approximate surface area is 94.4 Å². The van der Waals surface area contributed by atoms with Crippen LogP contribution < -0.4 is 5.73 Å². The first-order chi connectivity index (χ1) is 8.13. The van der Waals surface area contributed by atoms with Crippen molar-refractivity contribution in [3.63, 3.8) is 0 Å². The zero-order valence-electron chi connectivity index (χ0n) is 8.28. The van der Waals surface area contributed by atoms with Crippen LogP contribution in [0.1, 0.15) is 16.2 Å². The second-order valence-corrected chi connectivity index (χ2v) is 2.91. The van der Waals surface area contributed by atoms with Crippen molar-refractivity contribution in [2.24, 2.45) is 0 Å². The molecule has 0 aliphatic rings. The smallest absolute Gasteiger partial charge is 0.358 e. The van der Waals surface area contributed by atoms with Crippen LogP contribution in [0.5, 0.6) is 0 Å². The molecule has 0 saturated carbocycles. The van der Waals surface area contributed by atoms with Crippen molar-refractivity contribution >= 4 is 11.8 Å². The maximum absolute atomic E-state index is 10.8. The lowest BCUT2D eigenvalue weighted by Gasteiger charge is -2.02. The number of hydrogen-bond donors (Lipinski definition) is 2. The van der Waals surface area contributed by atoms with Crippen LogP contribution in [0.3, 0.4) is 0 Å². The van der Waals surface area contributed by atoms with Gasteiger partial charge in [0, 0.05) is 0 Å². The quantitative estimate of drug-likeness (QED) is 0.751. The Morgan fingerprint density at radius 1 is 1.53 bits per heavy atom. The molecular formula is C9H5N5O3. The Kier molecular flexibility index (Phi) is 2.42. The van der Waals surface area contributed by atoms with Gasteiger partial charge in [-0.25, -0.2) is 19.7 Å². The van der Waals surface area contributed by atoms with Crippen LogP contribution in [0, 0.1) is 11.3 Å². The van der Waals surface area contributed by atoms with Crippen LogP contribution in [0.4, 0.5) is 5.82 Å². The van der Waals surface area contributed by atoms with Crippen LogP contribution >= 0.6 is 0 Å². The van der Waals surface area contributed by atoms with Crippen molar-refractivity contribution in [1.29, 1.82) is 5.26 Å². The number of rotatable bonds is 2. The highest BCUT2D eigenvalue weighted by atomic mass is 16.4. The molecule has 2 heterocycles. The summed E-state index contributed by atoms with van der Waals surface area (Å²) in [7, 11) is 0. The van der Waals surface area contributed by atoms with Gasteiger partial charge in [0.1, 0.15) is 12.3 Å². The molecule has 0 spiro atoms. The Morgan fingerprint density at radius 3 is 2.82 bits per heavy atom. The van der Waals surface area contributed by atoms with Gasteiger partial charge in [-0.1, -0.05) is 0 Å². The fourth-order valence-corrected chi connectivity index (χ4v) is 1.17. The van der Waals surface area contributed by atoms with E-state index in [9.17, 15) is 4.79 Å². The summed E-state index contributed by atoms with van der Waals surface area (Å²) in [5, 5.41) is 17.6. The number of carbonyl (C=O) groups is 1. The maximum atomic E-state index is 10.8. The average molecular weight is 231 g/mol. The molecule has 2 aromatic heterocycles. The molecule has 0 atom stereocenters. The predicted molar refractivity (Wildman–Crippen MR) is 53.6 cm³/mol. The van der Waals surface area contributed by atoms with Crippen molar-refractivity contribution in [2.45, 2.75) is 0 Å². The van der Waals surface area contributed by atoms with Gasteiger partial charge in [0.25, 0.3) is 0 Å². The normalized spacial score (nSPS) is 9.82. The van der Waals surface area contributed by atoms with Gasteiger partial charge in [0.15, 0.2) is 22.9 Å². The number of oxazole rings is 1. The molecule has 0 aliphatic carbocycles. The molecular weight excluding hydrogens is 226 g/mol. The number of anilines is 1. The number of nitrogen functional groups attached to an aromatic ring is 1. The van der Waals surface area contributed by atoms with E-state index in [0.717, 1.165) is 0 Å². The number of aromatic carboxylic acids is 1. The summed E-state index contributed by atoms with van der Waals surface area (Å²) in [5.74, 6) is -1.60. The third-order valence-electron chi connectivity index (χ3n) is 1.87. The summed E-state index contributed by atoms with van der Waals surface area (Å²) in [4.78, 5) is 21.9. The van der Waals surface area contributed by atoms with Gasteiger partial charge in [-0.05, 0) is 0 Å². The van der Waals surface area contributed by atoms with Gasteiger partial charge in [-0.3, -0.25) is 0 Å². The molecule has 3 N–H and O–H groups in total. The molecule has 0 bridgehead atoms. The second-order valence-electron chi connectivity index (χ2n) is 2.91. The number of nitriles is 1. The predicted octanol–water partition coefficient (Wildman–Crippen LogP) is 0.284. The molecule has 8 heteroatoms. The maximum Gasteiger partial charge on any atom is 0.358 e. The van der Waals surface area contributed by atoms with E-state index in [2.05, 4.69) is 15.0 Å². The van der Waals surface area contributed by atoms with E-state index in [1.807, 2.05) is 0 Å². The number of carboxylic acid groups (broad SMARTS) is 1. The van der Waals surface area contributed by atoms with Crippen molar-refractivity contribution < 1.29 is 14.3 Å². The standard InChI is InChI=1S/C9H5N5O3/c10-3-4-5(8-12-1-2-17-8)14-7(11)6(13-4)9(15)16/h1-2H,(H2,11,14)(H,15,16). The first-order valence-corrected chi connectivity index (χ1v) is 4.34. The van der Waals surface area contributed by atoms with Gasteiger partial charge in [-0.15, -0.1) is 0 Å². The van der Waals surface area contributed by atoms with Gasteiger partial charge in [-0.2, -0.15) is 5.26 Å². The average Bonchev–Trinajstić information content (AvgIpc) is 2.81. The Hall–Kier alpha value is -2.95. The topological polar surface area (TPSA) is 139 Å². The summed E-state index contributed by atoms with van der Waals surface area (Å²) in [6.45, 7) is 0. The first kappa shape index (κ1) is 10.6. The molecule has 0 aliphatic heterocycles. The van der Waals surface area contributed by atoms with Crippen LogP contribution in [-0.2, 0) is 0 Å². The lowest BCUT2D eigenvalue weighted by atomic mass is 10.3. The molecule has 17 heavy (non-hydrogen) atoms. The minimum Gasteiger partial charge on any atom is -0.476 e. The molecule has 84 valence electrons. The van der Waals surface area contributed by atoms with E-state index in [1.165, 1.54) is 12.5 Å². The highest BCUT2D eigenvalue weighted by Crippen LogP contribution is 2.20. The molecule has 2 aromatic rings. The highest BCUT2D eigenvalue weighted by Gasteiger charge is 2.19. The number of hydrogen-bond acceptors (Lipinski definition) is 7. The number of nitrogens with zero attached hydrogens (tertiary/aromatic N) is 4. The summed E-state index contributed by atoms with van der Waals surface area (Å²) in [6, 6.07) is 1.71. The molecule has 0 aromatic carbocycles. The fraction of sp³-hybridized carbons (Fsp3) is 0. The largest absolute Gasteiger partial charge is 0.476 e. The molecule has 0 amide bonds. The molecule has 8 nitrogen and oxygen atoms in total. The van der Waals surface area contributed by atoms with E-state index >= 15 is 0 Å². The van der Waals surface area contributed by atoms with Crippen molar-refractivity contribution in [3.05, 3.63) is 23.8 Å². The monoisotopic (exact) mass is 231 g/mol. The minimum absolute atomic E-state index is 0.0139. The second kappa shape index (κ2) is 3.90. The van der Waals surface area contributed by atoms with Gasteiger partial charge >= 0.3 is 5.97 Å². The third-order valence-corrected chi connectivity index (χ3v) is 1.87. The van der Waals surface area contributed by atoms with E-state index < -0.39 is 11.7 Å². The van der Waals surface area contributed by atoms with Gasteiger partial charge in [0.05, 0.1) is 6.20 Å². The first-order valence-electron chi connectivity index (χ1n) is 4.34. The summed E-state index contributed by atoms with van der Waals surface area (Å²) >= 11 is 0. The minimum atomic E-state index is -1.36. The van der Waals surface area contributed by atoms with E-state index in [1.54, 1.807) is 6.07 Å². The van der Waals surface area contributed by atoms with Crippen molar-refractivity contribution in [3.8, 4) is 17.7 Å². The van der Waals surface area contributed by atoms with E-state index in [0.29, 0.717) is 0 Å². The molecule has 0 saturated heterocycles. The lowest BCUT2D eigenvalue weighted by molar-refractivity contribution is 0.0691. The molecule has 0 radical (unpaired) electrons. The fourth-order valence-electron chi connectivity index (χ4n) is 1.17. The summed E-state index contributed by atoms with van der Waals surface area (Å²) in [6.07, 6.45) is 2.65. The van der Waals surface area contributed by atoms with Crippen molar-refractivity contribution in [2.75, 3.05) is 5.73 Å². The highest BCUT2D eigenvalue weighted by molar-refractivity contribution is 5.90. The zero-order valence-corrected chi connectivity index (χ0v) is 8.28. The van der Waals surface area contributed by atoms with E-state index in [-0.39, 0.29) is 23.1 Å². The third kappa shape index (κ3) is 1.76. The van der Waals surface area contributed by atoms with E-state index in [4.69, 9.17) is 20.5 Å². The molecule has 2 rings (SSSR count). The van der Waals surface area contributed by atoms with Crippen molar-refractivity contribution in [1.82, 2.24) is 15.0 Å². The van der Waals surface area contributed by atoms with Crippen LogP contribution in [0.15, 0.2) is 16.9 Å². The molecule has 0 fully saturated rings. The lowest BCUT2D eigenvalue weighted by Crippen LogP contribution is -2.10. The van der Waals surface area contributed by atoms with Crippen LogP contribution in [-0.4, -0.2) is 26.0 Å². The zero-order chi connectivity index (χ0) is 12.4. The van der Waals surface area contributed by atoms with Crippen LogP contribution in [0.25, 0.3) is 11.6 Å². The Bertz CT molecular complexity index is 614. The Balaban J connectivity index is 2.67. The van der Waals surface area contributed by atoms with Crippen LogP contribution in [0.2, 0.25) is 0 Å². The van der Waals surface area contributed by atoms with Gasteiger partial charge < -0.3 is 15.3 Å². The Morgan fingerprint density at radius 2 is 2.29 bits per heavy atom. The summed E-state index contributed by atoms with van der Waals surface area (Å²) in [5.41, 5.74) is 4.75. The molecule has 0 unspecified atom stereocenters. The SMILES string of the molecule is N#Cc1nc(C(=O)O)c(N)nc1-c1ncco1.